The van der Waals surface area contributed by atoms with E-state index in [2.05, 4.69) is 16.0 Å². The van der Waals surface area contributed by atoms with Crippen LogP contribution >= 0.6 is 0 Å². The van der Waals surface area contributed by atoms with Crippen LogP contribution in [0.15, 0.2) is 30.3 Å². The predicted molar refractivity (Wildman–Crippen MR) is 151 cm³/mol. The molecule has 1 saturated heterocycles. The Morgan fingerprint density at radius 3 is 2.02 bits per heavy atom. The van der Waals surface area contributed by atoms with Crippen LogP contribution in [-0.4, -0.2) is 71.1 Å². The molecular formula is C29H43N5O7. The van der Waals surface area contributed by atoms with Gasteiger partial charge in [-0.25, -0.2) is 9.59 Å². The number of nitrogens with zero attached hydrogens (tertiary/aromatic N) is 1. The number of hydrogen-bond donors (Lipinski definition) is 4. The van der Waals surface area contributed by atoms with Crippen LogP contribution in [0.3, 0.4) is 0 Å². The van der Waals surface area contributed by atoms with E-state index in [1.807, 2.05) is 30.3 Å². The lowest BCUT2D eigenvalue weighted by Crippen LogP contribution is -2.61. The Balaban J connectivity index is 2.15. The van der Waals surface area contributed by atoms with Crippen LogP contribution in [0.5, 0.6) is 0 Å². The molecule has 1 aromatic rings. The van der Waals surface area contributed by atoms with Gasteiger partial charge >= 0.3 is 12.0 Å². The van der Waals surface area contributed by atoms with Crippen molar-refractivity contribution in [1.82, 2.24) is 20.9 Å². The summed E-state index contributed by atoms with van der Waals surface area (Å²) in [6.07, 6.45) is 0.877. The van der Waals surface area contributed by atoms with E-state index >= 15 is 0 Å². The maximum atomic E-state index is 13.7. The molecule has 0 radical (unpaired) electrons. The number of ether oxygens (including phenoxy) is 1. The zero-order chi connectivity index (χ0) is 31.1. The number of urea groups is 1. The maximum Gasteiger partial charge on any atom is 0.329 e. The Morgan fingerprint density at radius 2 is 1.49 bits per heavy atom. The molecule has 0 bridgehead atoms. The highest BCUT2D eigenvalue weighted by Gasteiger charge is 2.43. The number of amides is 5. The van der Waals surface area contributed by atoms with Crippen molar-refractivity contribution < 1.29 is 33.5 Å². The Labute approximate surface area is 241 Å². The van der Waals surface area contributed by atoms with Crippen molar-refractivity contribution in [3.8, 4) is 0 Å². The summed E-state index contributed by atoms with van der Waals surface area (Å²) in [5.74, 6) is -3.82. The van der Waals surface area contributed by atoms with E-state index in [9.17, 15) is 28.8 Å². The first kappa shape index (κ1) is 33.2. The van der Waals surface area contributed by atoms with Crippen molar-refractivity contribution in [2.24, 2.45) is 16.6 Å². The van der Waals surface area contributed by atoms with Gasteiger partial charge in [0, 0.05) is 6.54 Å². The minimum Gasteiger partial charge on any atom is -0.459 e. The molecule has 1 aliphatic heterocycles. The van der Waals surface area contributed by atoms with E-state index in [0.29, 0.717) is 12.8 Å². The topological polar surface area (TPSA) is 177 Å². The SMILES string of the molecule is CC(NC(=O)C1CCCN1C(=O)C(NC(=O)NC(C(=O)OCc1ccccc1)C(C)(C)C)C(C)(C)C)C(=O)C(N)=O. The lowest BCUT2D eigenvalue weighted by molar-refractivity contribution is -0.150. The molecule has 12 heteroatoms. The second-order valence-corrected chi connectivity index (χ2v) is 12.5. The van der Waals surface area contributed by atoms with Crippen LogP contribution in [-0.2, 0) is 35.3 Å². The summed E-state index contributed by atoms with van der Waals surface area (Å²) in [5, 5.41) is 7.82. The largest absolute Gasteiger partial charge is 0.459 e. The van der Waals surface area contributed by atoms with Gasteiger partial charge in [-0.05, 0) is 36.2 Å². The molecule has 1 aromatic carbocycles. The smallest absolute Gasteiger partial charge is 0.329 e. The molecule has 4 atom stereocenters. The van der Waals surface area contributed by atoms with Gasteiger partial charge in [-0.1, -0.05) is 71.9 Å². The Hall–Kier alpha value is -3.96. The van der Waals surface area contributed by atoms with Crippen molar-refractivity contribution in [3.05, 3.63) is 35.9 Å². The molecule has 4 unspecified atom stereocenters. The summed E-state index contributed by atoms with van der Waals surface area (Å²) in [5.41, 5.74) is 4.35. The van der Waals surface area contributed by atoms with Gasteiger partial charge in [0.1, 0.15) is 24.7 Å². The lowest BCUT2D eigenvalue weighted by Gasteiger charge is -2.36. The summed E-state index contributed by atoms with van der Waals surface area (Å²) >= 11 is 0. The number of rotatable bonds is 10. The lowest BCUT2D eigenvalue weighted by atomic mass is 9.85. The number of esters is 1. The number of hydrogen-bond acceptors (Lipinski definition) is 7. The predicted octanol–water partition coefficient (Wildman–Crippen LogP) is 1.41. The molecular weight excluding hydrogens is 530 g/mol. The first-order valence-electron chi connectivity index (χ1n) is 13.7. The fourth-order valence-electron chi connectivity index (χ4n) is 4.45. The van der Waals surface area contributed by atoms with Gasteiger partial charge in [-0.3, -0.25) is 19.2 Å². The average Bonchev–Trinajstić information content (AvgIpc) is 3.37. The van der Waals surface area contributed by atoms with Crippen molar-refractivity contribution in [2.45, 2.75) is 92.1 Å². The molecule has 2 rings (SSSR count). The molecule has 0 aromatic heterocycles. The van der Waals surface area contributed by atoms with Crippen molar-refractivity contribution >= 4 is 35.5 Å². The van der Waals surface area contributed by atoms with Gasteiger partial charge in [0.15, 0.2) is 0 Å². The molecule has 41 heavy (non-hydrogen) atoms. The summed E-state index contributed by atoms with van der Waals surface area (Å²) < 4.78 is 5.47. The van der Waals surface area contributed by atoms with E-state index in [4.69, 9.17) is 10.5 Å². The summed E-state index contributed by atoms with van der Waals surface area (Å²) in [4.78, 5) is 77.2. The molecule has 1 heterocycles. The summed E-state index contributed by atoms with van der Waals surface area (Å²) in [6.45, 7) is 12.3. The van der Waals surface area contributed by atoms with Crippen molar-refractivity contribution in [2.75, 3.05) is 6.54 Å². The summed E-state index contributed by atoms with van der Waals surface area (Å²) in [6, 6.07) is 4.30. The molecule has 0 spiro atoms. The third-order valence-corrected chi connectivity index (χ3v) is 6.82. The normalized spacial score (nSPS) is 17.5. The minimum absolute atomic E-state index is 0.0424. The molecule has 1 aliphatic rings. The van der Waals surface area contributed by atoms with Crippen LogP contribution in [0.25, 0.3) is 0 Å². The highest BCUT2D eigenvalue weighted by Crippen LogP contribution is 2.26. The molecule has 12 nitrogen and oxygen atoms in total. The number of ketones is 1. The van der Waals surface area contributed by atoms with Crippen LogP contribution in [0.2, 0.25) is 0 Å². The summed E-state index contributed by atoms with van der Waals surface area (Å²) in [7, 11) is 0. The standard InChI is InChI=1S/C29H43N5O7/c1-17(20(35)23(30)36)31-24(37)19-14-11-15-34(19)25(38)21(28(2,3)4)32-27(40)33-22(29(5,6)7)26(39)41-16-18-12-9-8-10-13-18/h8-10,12-13,17,19,21-22H,11,14-16H2,1-7H3,(H2,30,36)(H,31,37)(H2,32,33,40). The number of carbonyl (C=O) groups is 6. The quantitative estimate of drug-likeness (QED) is 0.241. The van der Waals surface area contributed by atoms with Gasteiger partial charge in [0.25, 0.3) is 5.91 Å². The Kier molecular flexibility index (Phi) is 11.0. The van der Waals surface area contributed by atoms with Gasteiger partial charge in [-0.2, -0.15) is 0 Å². The van der Waals surface area contributed by atoms with E-state index in [1.54, 1.807) is 41.5 Å². The fourth-order valence-corrected chi connectivity index (χ4v) is 4.45. The second-order valence-electron chi connectivity index (χ2n) is 12.5. The molecule has 5 N–H and O–H groups in total. The highest BCUT2D eigenvalue weighted by molar-refractivity contribution is 6.37. The zero-order valence-corrected chi connectivity index (χ0v) is 24.9. The average molecular weight is 574 g/mol. The number of Topliss-reactive ketones (excluding diaryl/α,β-unsaturated/α-hetero) is 1. The molecule has 226 valence electrons. The highest BCUT2D eigenvalue weighted by atomic mass is 16.5. The number of primary amides is 1. The first-order valence-corrected chi connectivity index (χ1v) is 13.7. The van der Waals surface area contributed by atoms with Gasteiger partial charge in [0.05, 0.1) is 6.04 Å². The molecule has 5 amide bonds. The molecule has 1 fully saturated rings. The monoisotopic (exact) mass is 573 g/mol. The Bertz CT molecular complexity index is 1140. The second kappa shape index (κ2) is 13.6. The Morgan fingerprint density at radius 1 is 0.927 bits per heavy atom. The van der Waals surface area contributed by atoms with E-state index in [-0.39, 0.29) is 13.2 Å². The van der Waals surface area contributed by atoms with Crippen molar-refractivity contribution in [3.63, 3.8) is 0 Å². The van der Waals surface area contributed by atoms with Gasteiger partial charge in [0.2, 0.25) is 17.6 Å². The third kappa shape index (κ3) is 9.29. The van der Waals surface area contributed by atoms with E-state index in [0.717, 1.165) is 5.56 Å². The number of nitrogens with two attached hydrogens (primary N) is 1. The zero-order valence-electron chi connectivity index (χ0n) is 24.9. The van der Waals surface area contributed by atoms with Gasteiger partial charge in [-0.15, -0.1) is 0 Å². The maximum absolute atomic E-state index is 13.7. The van der Waals surface area contributed by atoms with Crippen LogP contribution in [0.1, 0.15) is 66.9 Å². The number of likely N-dealkylation sites (tertiary alicyclic amines) is 1. The van der Waals surface area contributed by atoms with E-state index in [1.165, 1.54) is 11.8 Å². The van der Waals surface area contributed by atoms with Gasteiger partial charge < -0.3 is 31.3 Å². The fraction of sp³-hybridized carbons (Fsp3) is 0.586. The third-order valence-electron chi connectivity index (χ3n) is 6.82. The first-order chi connectivity index (χ1) is 18.9. The van der Waals surface area contributed by atoms with Crippen LogP contribution in [0, 0.1) is 10.8 Å². The van der Waals surface area contributed by atoms with Crippen molar-refractivity contribution in [1.29, 1.82) is 0 Å². The number of benzene rings is 1. The van der Waals surface area contributed by atoms with E-state index < -0.39 is 70.5 Å². The number of nitrogens with one attached hydrogen (secondary N) is 3. The minimum atomic E-state index is -1.17. The molecule has 0 saturated carbocycles. The van der Waals surface area contributed by atoms with Crippen LogP contribution < -0.4 is 21.7 Å². The van der Waals surface area contributed by atoms with Crippen LogP contribution in [0.4, 0.5) is 4.79 Å². The molecule has 0 aliphatic carbocycles. The number of carbonyl (C=O) groups excluding carboxylic acids is 6.